The van der Waals surface area contributed by atoms with Crippen molar-refractivity contribution in [2.75, 3.05) is 6.61 Å². The van der Waals surface area contributed by atoms with Crippen LogP contribution in [0.4, 0.5) is 5.69 Å². The van der Waals surface area contributed by atoms with Gasteiger partial charge in [0, 0.05) is 5.56 Å². The highest BCUT2D eigenvalue weighted by Gasteiger charge is 2.24. The Bertz CT molecular complexity index is 1140. The summed E-state index contributed by atoms with van der Waals surface area (Å²) in [6.45, 7) is 5.39. The highest BCUT2D eigenvalue weighted by Crippen LogP contribution is 2.33. The van der Waals surface area contributed by atoms with Gasteiger partial charge >= 0.3 is 5.97 Å². The van der Waals surface area contributed by atoms with Crippen molar-refractivity contribution in [1.29, 1.82) is 0 Å². The average molecular weight is 469 g/mol. The predicted octanol–water partition coefficient (Wildman–Crippen LogP) is 4.42. The molecule has 0 aliphatic carbocycles. The number of benzene rings is 2. The second-order valence-corrected chi connectivity index (χ2v) is 8.11. The molecule has 172 valence electrons. The molecule has 8 nitrogen and oxygen atoms in total. The molecule has 1 amide bonds. The molecule has 1 saturated heterocycles. The highest BCUT2D eigenvalue weighted by molar-refractivity contribution is 8.18. The summed E-state index contributed by atoms with van der Waals surface area (Å²) in [6.07, 6.45) is 1.01. The van der Waals surface area contributed by atoms with E-state index in [9.17, 15) is 19.5 Å². The van der Waals surface area contributed by atoms with Gasteiger partial charge in [-0.15, -0.1) is 0 Å². The maximum absolute atomic E-state index is 12.4. The van der Waals surface area contributed by atoms with Gasteiger partial charge in [-0.1, -0.05) is 25.1 Å². The minimum absolute atomic E-state index is 0.0631. The van der Waals surface area contributed by atoms with E-state index < -0.39 is 12.1 Å². The SMILES string of the molecule is CCOc1cc(/C=C2/SC(=Nc3cccc(C(C)=O)c3)NC2=O)ccc1OC(CC)C(=O)O. The third-order valence-electron chi connectivity index (χ3n) is 4.62. The number of ether oxygens (including phenoxy) is 2. The smallest absolute Gasteiger partial charge is 0.344 e. The van der Waals surface area contributed by atoms with Crippen molar-refractivity contribution >= 4 is 46.4 Å². The van der Waals surface area contributed by atoms with Crippen LogP contribution in [0.3, 0.4) is 0 Å². The normalized spacial score (nSPS) is 16.5. The minimum atomic E-state index is -1.05. The number of carboxylic acids is 1. The summed E-state index contributed by atoms with van der Waals surface area (Å²) < 4.78 is 11.2. The zero-order valence-electron chi connectivity index (χ0n) is 18.5. The van der Waals surface area contributed by atoms with E-state index in [1.54, 1.807) is 55.5 Å². The summed E-state index contributed by atoms with van der Waals surface area (Å²) in [6, 6.07) is 11.9. The van der Waals surface area contributed by atoms with Crippen molar-refractivity contribution < 1.29 is 29.0 Å². The fourth-order valence-corrected chi connectivity index (χ4v) is 3.83. The number of nitrogens with one attached hydrogen (secondary N) is 1. The number of carbonyl (C=O) groups is 3. The first-order valence-corrected chi connectivity index (χ1v) is 11.2. The number of amides is 1. The van der Waals surface area contributed by atoms with Crippen molar-refractivity contribution in [1.82, 2.24) is 5.32 Å². The molecule has 1 atom stereocenters. The van der Waals surface area contributed by atoms with Gasteiger partial charge in [0.25, 0.3) is 5.91 Å². The van der Waals surface area contributed by atoms with Crippen molar-refractivity contribution in [3.63, 3.8) is 0 Å². The summed E-state index contributed by atoms with van der Waals surface area (Å²) in [5.74, 6) is -0.691. The van der Waals surface area contributed by atoms with Crippen molar-refractivity contribution in [3.8, 4) is 11.5 Å². The van der Waals surface area contributed by atoms with E-state index in [1.807, 2.05) is 6.92 Å². The second kappa shape index (κ2) is 10.8. The number of amidine groups is 1. The summed E-state index contributed by atoms with van der Waals surface area (Å²) in [5, 5.41) is 12.4. The molecule has 3 rings (SSSR count). The summed E-state index contributed by atoms with van der Waals surface area (Å²) in [5.41, 5.74) is 1.79. The first-order valence-electron chi connectivity index (χ1n) is 10.4. The molecule has 0 aromatic heterocycles. The van der Waals surface area contributed by atoms with Crippen LogP contribution in [0, 0.1) is 0 Å². The predicted molar refractivity (Wildman–Crippen MR) is 127 cm³/mol. The number of aliphatic carboxylic acids is 1. The van der Waals surface area contributed by atoms with Gasteiger partial charge in [-0.3, -0.25) is 9.59 Å². The largest absolute Gasteiger partial charge is 0.490 e. The standard InChI is InChI=1S/C24H24N2O6S/c1-4-18(23(29)30)32-19-10-9-15(11-20(19)31-5-2)12-21-22(28)26-24(33-21)25-17-8-6-7-16(13-17)14(3)27/h6-13,18H,4-5H2,1-3H3,(H,29,30)(H,25,26,28)/b21-12+. The van der Waals surface area contributed by atoms with E-state index in [1.165, 1.54) is 18.7 Å². The van der Waals surface area contributed by atoms with Crippen LogP contribution in [-0.2, 0) is 9.59 Å². The van der Waals surface area contributed by atoms with E-state index in [0.29, 0.717) is 51.4 Å². The van der Waals surface area contributed by atoms with Gasteiger partial charge in [-0.2, -0.15) is 0 Å². The monoisotopic (exact) mass is 468 g/mol. The first kappa shape index (κ1) is 24.1. The topological polar surface area (TPSA) is 114 Å². The second-order valence-electron chi connectivity index (χ2n) is 7.08. The number of carbonyl (C=O) groups excluding carboxylic acids is 2. The Morgan fingerprint density at radius 1 is 1.18 bits per heavy atom. The van der Waals surface area contributed by atoms with Gasteiger partial charge in [-0.05, 0) is 67.9 Å². The highest BCUT2D eigenvalue weighted by atomic mass is 32.2. The van der Waals surface area contributed by atoms with Crippen LogP contribution in [0.25, 0.3) is 6.08 Å². The van der Waals surface area contributed by atoms with Gasteiger partial charge in [0.05, 0.1) is 17.2 Å². The molecule has 1 aliphatic heterocycles. The van der Waals surface area contributed by atoms with Crippen LogP contribution >= 0.6 is 11.8 Å². The molecule has 33 heavy (non-hydrogen) atoms. The number of hydrogen-bond acceptors (Lipinski definition) is 7. The Morgan fingerprint density at radius 2 is 1.97 bits per heavy atom. The molecule has 0 spiro atoms. The molecule has 1 unspecified atom stereocenters. The van der Waals surface area contributed by atoms with Crippen LogP contribution in [0.5, 0.6) is 11.5 Å². The molecular weight excluding hydrogens is 444 g/mol. The molecule has 0 radical (unpaired) electrons. The van der Waals surface area contributed by atoms with Crippen molar-refractivity contribution in [2.24, 2.45) is 4.99 Å². The zero-order valence-corrected chi connectivity index (χ0v) is 19.3. The van der Waals surface area contributed by atoms with Crippen LogP contribution in [0.1, 0.15) is 43.1 Å². The van der Waals surface area contributed by atoms with Gasteiger partial charge < -0.3 is 19.9 Å². The van der Waals surface area contributed by atoms with Crippen LogP contribution in [0.2, 0.25) is 0 Å². The number of ketones is 1. The third kappa shape index (κ3) is 6.23. The number of Topliss-reactive ketones (excluding diaryl/α,β-unsaturated/α-hetero) is 1. The Hall–Kier alpha value is -3.59. The maximum atomic E-state index is 12.4. The Kier molecular flexibility index (Phi) is 7.89. The van der Waals surface area contributed by atoms with Gasteiger partial charge in [0.1, 0.15) is 0 Å². The molecule has 9 heteroatoms. The van der Waals surface area contributed by atoms with Crippen LogP contribution < -0.4 is 14.8 Å². The van der Waals surface area contributed by atoms with Gasteiger partial charge in [0.15, 0.2) is 28.6 Å². The number of rotatable bonds is 9. The number of hydrogen-bond donors (Lipinski definition) is 2. The molecule has 0 saturated carbocycles. The quantitative estimate of drug-likeness (QED) is 0.413. The summed E-state index contributed by atoms with van der Waals surface area (Å²) >= 11 is 1.18. The Labute approximate surface area is 195 Å². The summed E-state index contributed by atoms with van der Waals surface area (Å²) in [7, 11) is 0. The third-order valence-corrected chi connectivity index (χ3v) is 5.52. The molecule has 1 fully saturated rings. The fourth-order valence-electron chi connectivity index (χ4n) is 2.99. The molecule has 2 aromatic rings. The van der Waals surface area contributed by atoms with Gasteiger partial charge in [0.2, 0.25) is 0 Å². The molecule has 0 bridgehead atoms. The molecular formula is C24H24N2O6S. The fraction of sp³-hybridized carbons (Fsp3) is 0.250. The number of carboxylic acid groups (broad SMARTS) is 1. The van der Waals surface area contributed by atoms with Gasteiger partial charge in [-0.25, -0.2) is 9.79 Å². The summed E-state index contributed by atoms with van der Waals surface area (Å²) in [4.78, 5) is 40.2. The lowest BCUT2D eigenvalue weighted by atomic mass is 10.1. The molecule has 2 N–H and O–H groups in total. The average Bonchev–Trinajstić information content (AvgIpc) is 3.11. The van der Waals surface area contributed by atoms with E-state index in [-0.39, 0.29) is 11.7 Å². The lowest BCUT2D eigenvalue weighted by molar-refractivity contribution is -0.145. The Balaban J connectivity index is 1.83. The number of aliphatic imine (C=N–C) groups is 1. The van der Waals surface area contributed by atoms with Crippen LogP contribution in [-0.4, -0.2) is 40.6 Å². The molecule has 1 aliphatic rings. The maximum Gasteiger partial charge on any atom is 0.344 e. The first-order chi connectivity index (χ1) is 15.8. The lowest BCUT2D eigenvalue weighted by Crippen LogP contribution is -2.26. The van der Waals surface area contributed by atoms with E-state index >= 15 is 0 Å². The molecule has 1 heterocycles. The molecule has 2 aromatic carbocycles. The minimum Gasteiger partial charge on any atom is -0.490 e. The number of nitrogens with zero attached hydrogens (tertiary/aromatic N) is 1. The zero-order chi connectivity index (χ0) is 24.0. The lowest BCUT2D eigenvalue weighted by Gasteiger charge is -2.16. The van der Waals surface area contributed by atoms with Crippen molar-refractivity contribution in [2.45, 2.75) is 33.3 Å². The van der Waals surface area contributed by atoms with E-state index in [4.69, 9.17) is 9.47 Å². The Morgan fingerprint density at radius 3 is 2.64 bits per heavy atom. The number of thioether (sulfide) groups is 1. The van der Waals surface area contributed by atoms with E-state index in [2.05, 4.69) is 10.3 Å². The van der Waals surface area contributed by atoms with Crippen LogP contribution in [0.15, 0.2) is 52.4 Å². The van der Waals surface area contributed by atoms with E-state index in [0.717, 1.165) is 0 Å². The van der Waals surface area contributed by atoms with Crippen molar-refractivity contribution in [3.05, 3.63) is 58.5 Å².